The van der Waals surface area contributed by atoms with Gasteiger partial charge in [-0.05, 0) is 25.0 Å². The fourth-order valence-corrected chi connectivity index (χ4v) is 2.87. The average Bonchev–Trinajstić information content (AvgIpc) is 2.68. The maximum absolute atomic E-state index is 12.6. The highest BCUT2D eigenvalue weighted by atomic mass is 16.2. The Balaban J connectivity index is 1.78. The van der Waals surface area contributed by atoms with Gasteiger partial charge in [-0.2, -0.15) is 0 Å². The van der Waals surface area contributed by atoms with Crippen molar-refractivity contribution in [2.45, 2.75) is 26.7 Å². The summed E-state index contributed by atoms with van der Waals surface area (Å²) in [6.07, 6.45) is 6.77. The molecule has 1 amide bonds. The number of fused-ring (bicyclic) bond motifs is 1. The lowest BCUT2D eigenvalue weighted by molar-refractivity contribution is 0.0754. The molecule has 0 atom stereocenters. The first-order valence-corrected chi connectivity index (χ1v) is 8.95. The third-order valence-electron chi connectivity index (χ3n) is 4.05. The Morgan fingerprint density at radius 1 is 1.00 bits per heavy atom. The van der Waals surface area contributed by atoms with E-state index in [1.54, 1.807) is 18.6 Å². The maximum Gasteiger partial charge on any atom is 0.256 e. The molecule has 3 aromatic rings. The Labute approximate surface area is 153 Å². The van der Waals surface area contributed by atoms with Crippen molar-refractivity contribution in [1.82, 2.24) is 19.9 Å². The predicted octanol–water partition coefficient (Wildman–Crippen LogP) is 4.03. The van der Waals surface area contributed by atoms with Gasteiger partial charge in [0.15, 0.2) is 0 Å². The third kappa shape index (κ3) is 3.96. The van der Waals surface area contributed by atoms with Gasteiger partial charge in [-0.3, -0.25) is 9.78 Å². The van der Waals surface area contributed by atoms with E-state index in [4.69, 9.17) is 0 Å². The second-order valence-corrected chi connectivity index (χ2v) is 6.09. The number of aromatic nitrogens is 3. The molecule has 0 aliphatic carbocycles. The van der Waals surface area contributed by atoms with Crippen LogP contribution in [-0.2, 0) is 0 Å². The van der Waals surface area contributed by atoms with Gasteiger partial charge in [0.25, 0.3) is 5.91 Å². The number of hydrogen-bond acceptors (Lipinski definition) is 5. The molecule has 0 radical (unpaired) electrons. The topological polar surface area (TPSA) is 71.0 Å². The number of anilines is 2. The van der Waals surface area contributed by atoms with Crippen LogP contribution in [-0.4, -0.2) is 38.8 Å². The van der Waals surface area contributed by atoms with E-state index in [1.807, 2.05) is 35.2 Å². The van der Waals surface area contributed by atoms with Gasteiger partial charge in [-0.1, -0.05) is 32.0 Å². The molecule has 2 aromatic heterocycles. The molecule has 6 nitrogen and oxygen atoms in total. The van der Waals surface area contributed by atoms with Crippen LogP contribution in [0.25, 0.3) is 10.9 Å². The molecule has 0 saturated heterocycles. The van der Waals surface area contributed by atoms with Crippen molar-refractivity contribution < 1.29 is 4.79 Å². The molecule has 26 heavy (non-hydrogen) atoms. The summed E-state index contributed by atoms with van der Waals surface area (Å²) in [5.74, 6) is 0.421. The molecule has 0 aliphatic heterocycles. The Kier molecular flexibility index (Phi) is 5.73. The second kappa shape index (κ2) is 8.38. The molecule has 0 fully saturated rings. The number of para-hydroxylation sites is 1. The molecule has 0 spiro atoms. The average molecular weight is 349 g/mol. The first-order chi connectivity index (χ1) is 12.7. The van der Waals surface area contributed by atoms with Crippen molar-refractivity contribution in [2.75, 3.05) is 18.4 Å². The van der Waals surface area contributed by atoms with Crippen LogP contribution in [0.1, 0.15) is 37.0 Å². The highest BCUT2D eigenvalue weighted by Crippen LogP contribution is 2.22. The minimum absolute atomic E-state index is 0.0212. The normalized spacial score (nSPS) is 10.7. The lowest BCUT2D eigenvalue weighted by Gasteiger charge is -2.21. The number of hydrogen-bond donors (Lipinski definition) is 1. The van der Waals surface area contributed by atoms with E-state index in [2.05, 4.69) is 34.1 Å². The van der Waals surface area contributed by atoms with Crippen LogP contribution in [0.15, 0.2) is 48.9 Å². The zero-order chi connectivity index (χ0) is 18.4. The van der Waals surface area contributed by atoms with E-state index in [0.717, 1.165) is 42.5 Å². The second-order valence-electron chi connectivity index (χ2n) is 6.09. The lowest BCUT2D eigenvalue weighted by atomic mass is 10.2. The molecule has 0 bridgehead atoms. The van der Waals surface area contributed by atoms with Crippen LogP contribution in [0.5, 0.6) is 0 Å². The minimum atomic E-state index is -0.0212. The fourth-order valence-electron chi connectivity index (χ4n) is 2.87. The van der Waals surface area contributed by atoms with Gasteiger partial charge in [0.2, 0.25) is 5.95 Å². The Bertz CT molecular complexity index is 868. The third-order valence-corrected chi connectivity index (χ3v) is 4.05. The molecule has 0 aliphatic rings. The quantitative estimate of drug-likeness (QED) is 0.697. The van der Waals surface area contributed by atoms with Crippen molar-refractivity contribution in [3.8, 4) is 0 Å². The number of benzene rings is 1. The number of carbonyl (C=O) groups excluding carboxylic acids is 1. The van der Waals surface area contributed by atoms with Crippen molar-refractivity contribution in [1.29, 1.82) is 0 Å². The number of nitrogens with one attached hydrogen (secondary N) is 1. The first-order valence-electron chi connectivity index (χ1n) is 8.95. The fraction of sp³-hybridized carbons (Fsp3) is 0.300. The van der Waals surface area contributed by atoms with Crippen molar-refractivity contribution in [2.24, 2.45) is 0 Å². The zero-order valence-electron chi connectivity index (χ0n) is 15.1. The molecule has 3 rings (SSSR count). The van der Waals surface area contributed by atoms with E-state index in [0.29, 0.717) is 11.5 Å². The largest absolute Gasteiger partial charge is 0.339 e. The van der Waals surface area contributed by atoms with Crippen LogP contribution in [0, 0.1) is 0 Å². The molecule has 1 aromatic carbocycles. The van der Waals surface area contributed by atoms with Gasteiger partial charge < -0.3 is 10.2 Å². The van der Waals surface area contributed by atoms with Gasteiger partial charge in [0.05, 0.1) is 16.8 Å². The Morgan fingerprint density at radius 3 is 2.38 bits per heavy atom. The van der Waals surface area contributed by atoms with E-state index < -0.39 is 0 Å². The SMILES string of the molecule is CCCN(CCC)C(=O)c1cnc(Nc2cccc3cccnc23)nc1. The first kappa shape index (κ1) is 17.8. The monoisotopic (exact) mass is 349 g/mol. The summed E-state index contributed by atoms with van der Waals surface area (Å²) in [5.41, 5.74) is 2.20. The minimum Gasteiger partial charge on any atom is -0.339 e. The maximum atomic E-state index is 12.6. The summed E-state index contributed by atoms with van der Waals surface area (Å²) in [5, 5.41) is 4.22. The van der Waals surface area contributed by atoms with E-state index in [1.165, 1.54) is 0 Å². The highest BCUT2D eigenvalue weighted by molar-refractivity contribution is 5.94. The molecule has 2 heterocycles. The van der Waals surface area contributed by atoms with Crippen LogP contribution in [0.3, 0.4) is 0 Å². The standard InChI is InChI=1S/C20H23N5O/c1-3-11-25(12-4-2)19(26)16-13-22-20(23-14-16)24-17-9-5-7-15-8-6-10-21-18(15)17/h5-10,13-14H,3-4,11-12H2,1-2H3,(H,22,23,24). The van der Waals surface area contributed by atoms with Crippen molar-refractivity contribution in [3.63, 3.8) is 0 Å². The summed E-state index contributed by atoms with van der Waals surface area (Å²) in [4.78, 5) is 27.5. The van der Waals surface area contributed by atoms with Crippen LogP contribution >= 0.6 is 0 Å². The number of amides is 1. The number of carbonyl (C=O) groups is 1. The van der Waals surface area contributed by atoms with Crippen LogP contribution in [0.4, 0.5) is 11.6 Å². The van der Waals surface area contributed by atoms with Gasteiger partial charge in [-0.25, -0.2) is 9.97 Å². The number of rotatable bonds is 7. The van der Waals surface area contributed by atoms with E-state index >= 15 is 0 Å². The highest BCUT2D eigenvalue weighted by Gasteiger charge is 2.15. The Morgan fingerprint density at radius 2 is 1.69 bits per heavy atom. The zero-order valence-corrected chi connectivity index (χ0v) is 15.1. The summed E-state index contributed by atoms with van der Waals surface area (Å²) in [6.45, 7) is 5.62. The number of pyridine rings is 1. The number of nitrogens with zero attached hydrogens (tertiary/aromatic N) is 4. The van der Waals surface area contributed by atoms with Crippen LogP contribution in [0.2, 0.25) is 0 Å². The summed E-state index contributed by atoms with van der Waals surface area (Å²) in [6, 6.07) is 9.80. The predicted molar refractivity (Wildman–Crippen MR) is 104 cm³/mol. The molecular formula is C20H23N5O. The summed E-state index contributed by atoms with van der Waals surface area (Å²) in [7, 11) is 0. The Hall–Kier alpha value is -3.02. The van der Waals surface area contributed by atoms with Gasteiger partial charge in [0, 0.05) is 37.1 Å². The molecule has 0 saturated carbocycles. The van der Waals surface area contributed by atoms with E-state index in [9.17, 15) is 4.79 Å². The van der Waals surface area contributed by atoms with E-state index in [-0.39, 0.29) is 5.91 Å². The molecule has 1 N–H and O–H groups in total. The summed E-state index contributed by atoms with van der Waals surface area (Å²) < 4.78 is 0. The van der Waals surface area contributed by atoms with Gasteiger partial charge in [-0.15, -0.1) is 0 Å². The smallest absolute Gasteiger partial charge is 0.256 e. The van der Waals surface area contributed by atoms with Crippen molar-refractivity contribution in [3.05, 3.63) is 54.5 Å². The van der Waals surface area contributed by atoms with Gasteiger partial charge >= 0.3 is 0 Å². The summed E-state index contributed by atoms with van der Waals surface area (Å²) >= 11 is 0. The molecule has 6 heteroatoms. The molecule has 0 unspecified atom stereocenters. The van der Waals surface area contributed by atoms with Gasteiger partial charge in [0.1, 0.15) is 0 Å². The molecule has 134 valence electrons. The van der Waals surface area contributed by atoms with Crippen LogP contribution < -0.4 is 5.32 Å². The lowest BCUT2D eigenvalue weighted by Crippen LogP contribution is -2.32. The molecular weight excluding hydrogens is 326 g/mol. The van der Waals surface area contributed by atoms with Crippen molar-refractivity contribution >= 4 is 28.4 Å².